The maximum absolute atomic E-state index is 14.1. The van der Waals surface area contributed by atoms with Crippen molar-refractivity contribution in [2.45, 2.75) is 57.2 Å². The maximum atomic E-state index is 14.1. The Morgan fingerprint density at radius 1 is 1.07 bits per heavy atom. The predicted molar refractivity (Wildman–Crippen MR) is 171 cm³/mol. The molecule has 0 saturated carbocycles. The molecule has 6 rings (SSSR count). The largest absolute Gasteiger partial charge is 0.497 e. The van der Waals surface area contributed by atoms with E-state index >= 15 is 0 Å². The van der Waals surface area contributed by atoms with Gasteiger partial charge in [-0.15, -0.1) is 0 Å². The summed E-state index contributed by atoms with van der Waals surface area (Å²) in [5.41, 5.74) is 2.80. The van der Waals surface area contributed by atoms with Crippen LogP contribution in [0.15, 0.2) is 78.9 Å². The quantitative estimate of drug-likeness (QED) is 0.343. The Hall–Kier alpha value is -4.47. The predicted octanol–water partition coefficient (Wildman–Crippen LogP) is 4.61. The number of hydrogen-bond donors (Lipinski definition) is 2. The Balaban J connectivity index is 1.23. The molecule has 234 valence electrons. The molecule has 3 amide bonds. The van der Waals surface area contributed by atoms with Crippen LogP contribution in [0.3, 0.4) is 0 Å². The van der Waals surface area contributed by atoms with Crippen molar-refractivity contribution in [3.05, 3.63) is 95.6 Å². The minimum Gasteiger partial charge on any atom is -0.497 e. The highest BCUT2D eigenvalue weighted by Crippen LogP contribution is 2.47. The average molecular weight is 610 g/mol. The van der Waals surface area contributed by atoms with Crippen molar-refractivity contribution in [3.63, 3.8) is 0 Å². The standard InChI is InChI=1S/C36H39N3O6/c1-24(7-5-11-33(41)37-20-6-9-28(37)23-40)36(44)30-21-29(45-2)17-18-32(30)38(35(36)43)22-25-12-15-27(16-13-25)39-31-10-4-3-8-26(31)14-19-34(39)42/h3-5,7-8,10,12-13,15-18,21,24,28,40,44H,6,9,11,14,19-20,22-23H2,1-2H3/b7-5+/t24-,28-,36+/m0/s1. The highest BCUT2D eigenvalue weighted by Gasteiger charge is 2.52. The number of nitrogens with zero attached hydrogens (tertiary/aromatic N) is 3. The van der Waals surface area contributed by atoms with E-state index in [4.69, 9.17) is 4.74 Å². The van der Waals surface area contributed by atoms with E-state index in [2.05, 4.69) is 0 Å². The molecule has 1 fully saturated rings. The molecule has 0 aromatic heterocycles. The van der Waals surface area contributed by atoms with E-state index < -0.39 is 17.4 Å². The van der Waals surface area contributed by atoms with Gasteiger partial charge < -0.3 is 24.7 Å². The van der Waals surface area contributed by atoms with E-state index in [1.54, 1.807) is 52.0 Å². The van der Waals surface area contributed by atoms with Gasteiger partial charge in [0, 0.05) is 36.6 Å². The minimum atomic E-state index is -1.87. The molecule has 9 heteroatoms. The summed E-state index contributed by atoms with van der Waals surface area (Å²) < 4.78 is 5.43. The summed E-state index contributed by atoms with van der Waals surface area (Å²) in [6.45, 7) is 2.56. The molecule has 45 heavy (non-hydrogen) atoms. The molecule has 3 atom stereocenters. The molecule has 0 radical (unpaired) electrons. The van der Waals surface area contributed by atoms with Crippen molar-refractivity contribution in [3.8, 4) is 5.75 Å². The van der Waals surface area contributed by atoms with E-state index in [-0.39, 0.29) is 37.4 Å². The van der Waals surface area contributed by atoms with Crippen molar-refractivity contribution in [1.82, 2.24) is 4.90 Å². The normalized spacial score (nSPS) is 21.8. The Labute approximate surface area is 263 Å². The number of rotatable bonds is 9. The Bertz CT molecular complexity index is 1640. The van der Waals surface area contributed by atoms with Gasteiger partial charge in [0.15, 0.2) is 5.60 Å². The van der Waals surface area contributed by atoms with Crippen LogP contribution in [0.1, 0.15) is 49.3 Å². The third-order valence-corrected chi connectivity index (χ3v) is 9.39. The molecular weight excluding hydrogens is 570 g/mol. The first-order valence-corrected chi connectivity index (χ1v) is 15.6. The summed E-state index contributed by atoms with van der Waals surface area (Å²) in [4.78, 5) is 44.8. The zero-order valence-electron chi connectivity index (χ0n) is 25.7. The lowest BCUT2D eigenvalue weighted by molar-refractivity contribution is -0.139. The number of benzene rings is 3. The molecule has 0 spiro atoms. The topological polar surface area (TPSA) is 111 Å². The Morgan fingerprint density at radius 2 is 1.84 bits per heavy atom. The SMILES string of the molecule is COc1ccc2c(c1)[C@](O)([C@@H](C)/C=C/CC(=O)N1CCC[C@H]1CO)C(=O)N2Cc1ccc(N2C(=O)CCc3ccccc32)cc1. The monoisotopic (exact) mass is 609 g/mol. The number of likely N-dealkylation sites (tertiary alicyclic amines) is 1. The Kier molecular flexibility index (Phi) is 8.48. The summed E-state index contributed by atoms with van der Waals surface area (Å²) >= 11 is 0. The molecule has 3 aromatic rings. The average Bonchev–Trinajstić information content (AvgIpc) is 3.63. The van der Waals surface area contributed by atoms with E-state index in [1.165, 1.54) is 7.11 Å². The van der Waals surface area contributed by atoms with Crippen LogP contribution < -0.4 is 14.5 Å². The highest BCUT2D eigenvalue weighted by molar-refractivity contribution is 6.07. The molecule has 9 nitrogen and oxygen atoms in total. The number of ether oxygens (including phenoxy) is 1. The summed E-state index contributed by atoms with van der Waals surface area (Å²) in [5.74, 6) is -0.622. The van der Waals surface area contributed by atoms with Crippen LogP contribution >= 0.6 is 0 Å². The van der Waals surface area contributed by atoms with Crippen LogP contribution in [-0.4, -0.2) is 59.1 Å². The number of methoxy groups -OCH3 is 1. The van der Waals surface area contributed by atoms with Gasteiger partial charge >= 0.3 is 0 Å². The second kappa shape index (κ2) is 12.5. The van der Waals surface area contributed by atoms with E-state index in [1.807, 2.05) is 48.5 Å². The van der Waals surface area contributed by atoms with Crippen LogP contribution in [0.2, 0.25) is 0 Å². The number of anilines is 3. The maximum Gasteiger partial charge on any atom is 0.264 e. The van der Waals surface area contributed by atoms with Crippen molar-refractivity contribution < 1.29 is 29.3 Å². The lowest BCUT2D eigenvalue weighted by atomic mass is 9.83. The van der Waals surface area contributed by atoms with Gasteiger partial charge in [0.1, 0.15) is 5.75 Å². The van der Waals surface area contributed by atoms with Crippen LogP contribution in [0, 0.1) is 5.92 Å². The first-order chi connectivity index (χ1) is 21.8. The molecule has 3 heterocycles. The molecule has 0 aliphatic carbocycles. The number of amides is 3. The number of carbonyl (C=O) groups is 3. The van der Waals surface area contributed by atoms with Crippen molar-refractivity contribution in [2.75, 3.05) is 30.1 Å². The van der Waals surface area contributed by atoms with Crippen molar-refractivity contribution in [1.29, 1.82) is 0 Å². The van der Waals surface area contributed by atoms with Crippen molar-refractivity contribution in [2.24, 2.45) is 5.92 Å². The van der Waals surface area contributed by atoms with Gasteiger partial charge in [-0.05, 0) is 66.8 Å². The first-order valence-electron chi connectivity index (χ1n) is 15.6. The summed E-state index contributed by atoms with van der Waals surface area (Å²) in [7, 11) is 1.54. The van der Waals surface area contributed by atoms with Gasteiger partial charge in [0.05, 0.1) is 37.7 Å². The lowest BCUT2D eigenvalue weighted by Crippen LogP contribution is -2.44. The number of para-hydroxylation sites is 1. The van der Waals surface area contributed by atoms with Gasteiger partial charge in [-0.3, -0.25) is 19.3 Å². The molecule has 3 aliphatic rings. The van der Waals surface area contributed by atoms with Gasteiger partial charge in [-0.2, -0.15) is 0 Å². The lowest BCUT2D eigenvalue weighted by Gasteiger charge is -2.30. The number of carbonyl (C=O) groups excluding carboxylic acids is 3. The van der Waals surface area contributed by atoms with E-state index in [9.17, 15) is 24.6 Å². The van der Waals surface area contributed by atoms with Crippen LogP contribution in [-0.2, 0) is 33.0 Å². The fourth-order valence-electron chi connectivity index (χ4n) is 6.84. The fraction of sp³-hybridized carbons (Fsp3) is 0.361. The van der Waals surface area contributed by atoms with Crippen LogP contribution in [0.25, 0.3) is 0 Å². The number of fused-ring (bicyclic) bond motifs is 2. The molecule has 0 bridgehead atoms. The molecule has 3 aromatic carbocycles. The second-order valence-corrected chi connectivity index (χ2v) is 12.1. The van der Waals surface area contributed by atoms with Gasteiger partial charge in [-0.1, -0.05) is 49.4 Å². The number of hydrogen-bond acceptors (Lipinski definition) is 6. The fourth-order valence-corrected chi connectivity index (χ4v) is 6.84. The molecule has 1 saturated heterocycles. The number of aryl methyl sites for hydroxylation is 1. The second-order valence-electron chi connectivity index (χ2n) is 12.1. The van der Waals surface area contributed by atoms with Gasteiger partial charge in [0.25, 0.3) is 5.91 Å². The van der Waals surface area contributed by atoms with Crippen LogP contribution in [0.4, 0.5) is 17.1 Å². The highest BCUT2D eigenvalue weighted by atomic mass is 16.5. The van der Waals surface area contributed by atoms with E-state index in [0.717, 1.165) is 41.8 Å². The molecule has 3 aliphatic heterocycles. The first kappa shape index (κ1) is 30.6. The summed E-state index contributed by atoms with van der Waals surface area (Å²) in [6.07, 6.45) is 6.37. The summed E-state index contributed by atoms with van der Waals surface area (Å²) in [6, 6.07) is 20.6. The molecular formula is C36H39N3O6. The van der Waals surface area contributed by atoms with Gasteiger partial charge in [-0.25, -0.2) is 0 Å². The zero-order valence-corrected chi connectivity index (χ0v) is 25.7. The van der Waals surface area contributed by atoms with Gasteiger partial charge in [0.2, 0.25) is 11.8 Å². The van der Waals surface area contributed by atoms with Crippen molar-refractivity contribution >= 4 is 34.8 Å². The third-order valence-electron chi connectivity index (χ3n) is 9.39. The smallest absolute Gasteiger partial charge is 0.264 e. The molecule has 0 unspecified atom stereocenters. The molecule has 2 N–H and O–H groups in total. The third kappa shape index (κ3) is 5.51. The van der Waals surface area contributed by atoms with E-state index in [0.29, 0.717) is 30.0 Å². The zero-order chi connectivity index (χ0) is 31.7. The van der Waals surface area contributed by atoms with Crippen LogP contribution in [0.5, 0.6) is 5.75 Å². The number of aliphatic hydroxyl groups is 2. The number of aliphatic hydroxyl groups excluding tert-OH is 1. The Morgan fingerprint density at radius 3 is 2.60 bits per heavy atom. The minimum absolute atomic E-state index is 0.0431. The summed E-state index contributed by atoms with van der Waals surface area (Å²) in [5, 5.41) is 21.6.